The molecule has 3 rings (SSSR count). The van der Waals surface area contributed by atoms with Crippen molar-refractivity contribution in [2.45, 2.75) is 45.1 Å². The molecule has 1 aliphatic rings. The van der Waals surface area contributed by atoms with Crippen LogP contribution in [0.1, 0.15) is 33.3 Å². The van der Waals surface area contributed by atoms with Gasteiger partial charge in [0.25, 0.3) is 0 Å². The molecule has 2 aromatic rings. The molecular formula is C23H29N3O5S. The maximum atomic E-state index is 13.0. The summed E-state index contributed by atoms with van der Waals surface area (Å²) in [6.45, 7) is 7.99. The summed E-state index contributed by atoms with van der Waals surface area (Å²) in [5, 5.41) is 2.76. The fourth-order valence-corrected chi connectivity index (χ4v) is 5.02. The minimum absolute atomic E-state index is 0.0705. The lowest BCUT2D eigenvalue weighted by atomic mass is 10.0. The normalized spacial score (nSPS) is 14.2. The highest BCUT2D eigenvalue weighted by molar-refractivity contribution is 7.89. The zero-order valence-corrected chi connectivity index (χ0v) is 19.5. The molecule has 32 heavy (non-hydrogen) atoms. The Morgan fingerprint density at radius 2 is 1.81 bits per heavy atom. The summed E-state index contributed by atoms with van der Waals surface area (Å²) < 4.78 is 34.0. The Hall–Kier alpha value is -2.91. The van der Waals surface area contributed by atoms with E-state index in [1.54, 1.807) is 55.1 Å². The summed E-state index contributed by atoms with van der Waals surface area (Å²) >= 11 is 0. The Morgan fingerprint density at radius 3 is 2.41 bits per heavy atom. The Labute approximate surface area is 189 Å². The number of nitrogens with zero attached hydrogens (tertiary/aromatic N) is 1. The Bertz CT molecular complexity index is 1100. The lowest BCUT2D eigenvalue weighted by molar-refractivity contribution is -0.118. The van der Waals surface area contributed by atoms with Crippen LogP contribution in [0.4, 0.5) is 11.4 Å². The number of anilines is 2. The van der Waals surface area contributed by atoms with Crippen LogP contribution >= 0.6 is 0 Å². The van der Waals surface area contributed by atoms with Crippen molar-refractivity contribution in [3.63, 3.8) is 0 Å². The molecule has 1 aliphatic heterocycles. The number of benzene rings is 2. The fraction of sp³-hybridized carbons (Fsp3) is 0.391. The molecule has 1 heterocycles. The number of carbonyl (C=O) groups excluding carboxylic acids is 2. The van der Waals surface area contributed by atoms with E-state index in [4.69, 9.17) is 4.74 Å². The first-order chi connectivity index (χ1) is 15.1. The van der Waals surface area contributed by atoms with Gasteiger partial charge in [-0.3, -0.25) is 9.59 Å². The van der Waals surface area contributed by atoms with E-state index >= 15 is 0 Å². The number of carbonyl (C=O) groups is 2. The molecule has 1 atom stereocenters. The Balaban J connectivity index is 1.76. The highest BCUT2D eigenvalue weighted by Gasteiger charge is 2.30. The van der Waals surface area contributed by atoms with Crippen LogP contribution in [0, 0.1) is 5.92 Å². The summed E-state index contributed by atoms with van der Waals surface area (Å²) in [5.74, 6) is -0.123. The van der Waals surface area contributed by atoms with Gasteiger partial charge >= 0.3 is 0 Å². The van der Waals surface area contributed by atoms with Crippen molar-refractivity contribution in [2.24, 2.45) is 5.92 Å². The van der Waals surface area contributed by atoms with E-state index in [2.05, 4.69) is 10.0 Å². The summed E-state index contributed by atoms with van der Waals surface area (Å²) in [6, 6.07) is 10.6. The molecule has 0 fully saturated rings. The fourth-order valence-electron chi connectivity index (χ4n) is 3.62. The number of rotatable bonds is 8. The third-order valence-corrected chi connectivity index (χ3v) is 6.74. The molecule has 2 aromatic carbocycles. The molecule has 0 spiro atoms. The van der Waals surface area contributed by atoms with Crippen molar-refractivity contribution in [3.8, 4) is 5.75 Å². The third-order valence-electron chi connectivity index (χ3n) is 5.30. The van der Waals surface area contributed by atoms with Crippen molar-refractivity contribution < 1.29 is 22.7 Å². The van der Waals surface area contributed by atoms with Crippen LogP contribution in [0.5, 0.6) is 5.75 Å². The van der Waals surface area contributed by atoms with Gasteiger partial charge < -0.3 is 15.0 Å². The van der Waals surface area contributed by atoms with E-state index < -0.39 is 22.0 Å². The number of ether oxygens (including phenoxy) is 1. The second-order valence-electron chi connectivity index (χ2n) is 8.00. The first kappa shape index (κ1) is 23.7. The van der Waals surface area contributed by atoms with E-state index in [0.29, 0.717) is 31.0 Å². The van der Waals surface area contributed by atoms with Crippen molar-refractivity contribution in [3.05, 3.63) is 48.0 Å². The van der Waals surface area contributed by atoms with Crippen molar-refractivity contribution in [1.29, 1.82) is 0 Å². The van der Waals surface area contributed by atoms with Gasteiger partial charge in [-0.05, 0) is 67.3 Å². The van der Waals surface area contributed by atoms with Gasteiger partial charge in [-0.1, -0.05) is 13.8 Å². The van der Waals surface area contributed by atoms with Crippen LogP contribution in [-0.2, 0) is 26.0 Å². The summed E-state index contributed by atoms with van der Waals surface area (Å²) in [5.41, 5.74) is 2.07. The van der Waals surface area contributed by atoms with Gasteiger partial charge in [-0.15, -0.1) is 0 Å². The van der Waals surface area contributed by atoms with Crippen LogP contribution in [0.3, 0.4) is 0 Å². The van der Waals surface area contributed by atoms with Crippen LogP contribution in [-0.4, -0.2) is 39.4 Å². The maximum Gasteiger partial charge on any atom is 0.242 e. The zero-order chi connectivity index (χ0) is 23.5. The highest BCUT2D eigenvalue weighted by atomic mass is 32.2. The van der Waals surface area contributed by atoms with Crippen LogP contribution in [0.15, 0.2) is 47.4 Å². The smallest absolute Gasteiger partial charge is 0.242 e. The summed E-state index contributed by atoms with van der Waals surface area (Å²) in [6.07, 6.45) is 0.587. The van der Waals surface area contributed by atoms with E-state index in [1.807, 2.05) is 6.92 Å². The molecule has 0 bridgehead atoms. The molecule has 9 heteroatoms. The maximum absolute atomic E-state index is 13.0. The van der Waals surface area contributed by atoms with E-state index in [0.717, 1.165) is 11.3 Å². The molecule has 8 nitrogen and oxygen atoms in total. The largest absolute Gasteiger partial charge is 0.494 e. The van der Waals surface area contributed by atoms with Gasteiger partial charge in [0.05, 0.1) is 11.5 Å². The molecule has 0 saturated heterocycles. The van der Waals surface area contributed by atoms with Gasteiger partial charge in [0.15, 0.2) is 0 Å². The summed E-state index contributed by atoms with van der Waals surface area (Å²) in [4.78, 5) is 26.3. The topological polar surface area (TPSA) is 105 Å². The van der Waals surface area contributed by atoms with E-state index in [9.17, 15) is 18.0 Å². The summed E-state index contributed by atoms with van der Waals surface area (Å²) in [7, 11) is -3.95. The monoisotopic (exact) mass is 459 g/mol. The molecule has 2 N–H and O–H groups in total. The van der Waals surface area contributed by atoms with E-state index in [1.165, 1.54) is 13.0 Å². The standard InChI is InChI=1S/C23H29N3O5S/c1-5-31-19-8-6-18(7-9-19)24-23(28)22(15(2)3)25-32(29,30)20-10-11-21-17(14-20)12-13-26(21)16(4)27/h6-11,14-15,22,25H,5,12-13H2,1-4H3,(H,24,28)/t22-/m0/s1. The minimum atomic E-state index is -3.95. The number of sulfonamides is 1. The van der Waals surface area contributed by atoms with Crippen LogP contribution < -0.4 is 19.7 Å². The van der Waals surface area contributed by atoms with Gasteiger partial charge in [-0.2, -0.15) is 4.72 Å². The van der Waals surface area contributed by atoms with Gasteiger partial charge in [0, 0.05) is 24.8 Å². The van der Waals surface area contributed by atoms with Crippen molar-refractivity contribution >= 4 is 33.2 Å². The second-order valence-corrected chi connectivity index (χ2v) is 9.71. The molecule has 172 valence electrons. The lowest BCUT2D eigenvalue weighted by Gasteiger charge is -2.22. The molecule has 0 aliphatic carbocycles. The molecule has 0 aromatic heterocycles. The molecular weight excluding hydrogens is 430 g/mol. The predicted octanol–water partition coefficient (Wildman–Crippen LogP) is 2.94. The number of nitrogens with one attached hydrogen (secondary N) is 2. The first-order valence-corrected chi connectivity index (χ1v) is 12.1. The molecule has 0 unspecified atom stereocenters. The van der Waals surface area contributed by atoms with Gasteiger partial charge in [-0.25, -0.2) is 8.42 Å². The minimum Gasteiger partial charge on any atom is -0.494 e. The predicted molar refractivity (Wildman–Crippen MR) is 123 cm³/mol. The molecule has 0 radical (unpaired) electrons. The number of hydrogen-bond acceptors (Lipinski definition) is 5. The van der Waals surface area contributed by atoms with Crippen molar-refractivity contribution in [2.75, 3.05) is 23.4 Å². The Morgan fingerprint density at radius 1 is 1.12 bits per heavy atom. The average molecular weight is 460 g/mol. The van der Waals surface area contributed by atoms with Crippen LogP contribution in [0.25, 0.3) is 0 Å². The highest BCUT2D eigenvalue weighted by Crippen LogP contribution is 2.30. The van der Waals surface area contributed by atoms with Gasteiger partial charge in [0.2, 0.25) is 21.8 Å². The first-order valence-electron chi connectivity index (χ1n) is 10.6. The van der Waals surface area contributed by atoms with E-state index in [-0.39, 0.29) is 16.7 Å². The molecule has 2 amide bonds. The second kappa shape index (κ2) is 9.70. The average Bonchev–Trinajstić information content (AvgIpc) is 3.17. The zero-order valence-electron chi connectivity index (χ0n) is 18.7. The van der Waals surface area contributed by atoms with Crippen molar-refractivity contribution in [1.82, 2.24) is 4.72 Å². The SMILES string of the molecule is CCOc1ccc(NC(=O)[C@@H](NS(=O)(=O)c2ccc3c(c2)CCN3C(C)=O)C(C)C)cc1. The third kappa shape index (κ3) is 5.28. The number of hydrogen-bond donors (Lipinski definition) is 2. The number of fused-ring (bicyclic) bond motifs is 1. The Kier molecular flexibility index (Phi) is 7.20. The number of amides is 2. The molecule has 0 saturated carbocycles. The lowest BCUT2D eigenvalue weighted by Crippen LogP contribution is -2.47. The van der Waals surface area contributed by atoms with Crippen LogP contribution in [0.2, 0.25) is 0 Å². The quantitative estimate of drug-likeness (QED) is 0.632. The van der Waals surface area contributed by atoms with Gasteiger partial charge in [0.1, 0.15) is 11.8 Å².